The summed E-state index contributed by atoms with van der Waals surface area (Å²) >= 11 is 0. The molecule has 0 aliphatic carbocycles. The number of piperidine rings is 1. The molecule has 15 heavy (non-hydrogen) atoms. The highest BCUT2D eigenvalue weighted by molar-refractivity contribution is 4.99. The van der Waals surface area contributed by atoms with Crippen molar-refractivity contribution in [1.82, 2.24) is 10.4 Å². The van der Waals surface area contributed by atoms with E-state index in [-0.39, 0.29) is 0 Å². The summed E-state index contributed by atoms with van der Waals surface area (Å²) in [6.07, 6.45) is 6.72. The molecular formula is C12H20N2O. The summed E-state index contributed by atoms with van der Waals surface area (Å²) in [5.41, 5.74) is 3.53. The summed E-state index contributed by atoms with van der Waals surface area (Å²) in [6, 6.07) is 4.44. The number of nitrogens with one attached hydrogen (secondary N) is 1. The van der Waals surface area contributed by atoms with Gasteiger partial charge in [0.05, 0.1) is 6.26 Å². The van der Waals surface area contributed by atoms with Gasteiger partial charge >= 0.3 is 0 Å². The van der Waals surface area contributed by atoms with Crippen molar-refractivity contribution in [2.75, 3.05) is 13.1 Å². The van der Waals surface area contributed by atoms with Crippen molar-refractivity contribution >= 4 is 0 Å². The van der Waals surface area contributed by atoms with Gasteiger partial charge < -0.3 is 4.42 Å². The van der Waals surface area contributed by atoms with Gasteiger partial charge in [0.1, 0.15) is 5.76 Å². The Kier molecular flexibility index (Phi) is 3.80. The van der Waals surface area contributed by atoms with Crippen LogP contribution in [-0.4, -0.2) is 24.1 Å². The fraction of sp³-hybridized carbons (Fsp3) is 0.667. The van der Waals surface area contributed by atoms with E-state index in [2.05, 4.69) is 17.4 Å². The molecule has 0 saturated carbocycles. The zero-order valence-corrected chi connectivity index (χ0v) is 9.41. The highest BCUT2D eigenvalue weighted by Gasteiger charge is 2.13. The number of hydrazine groups is 1. The summed E-state index contributed by atoms with van der Waals surface area (Å²) in [5, 5.41) is 2.34. The van der Waals surface area contributed by atoms with E-state index >= 15 is 0 Å². The van der Waals surface area contributed by atoms with Gasteiger partial charge in [-0.3, -0.25) is 5.43 Å². The second kappa shape index (κ2) is 5.33. The Morgan fingerprint density at radius 3 is 2.87 bits per heavy atom. The lowest BCUT2D eigenvalue weighted by atomic mass is 10.1. The Morgan fingerprint density at radius 1 is 1.40 bits per heavy atom. The van der Waals surface area contributed by atoms with Crippen LogP contribution in [0.3, 0.4) is 0 Å². The van der Waals surface area contributed by atoms with Gasteiger partial charge in [0.25, 0.3) is 0 Å². The van der Waals surface area contributed by atoms with Crippen LogP contribution in [0.1, 0.15) is 31.9 Å². The lowest BCUT2D eigenvalue weighted by Crippen LogP contribution is -2.46. The van der Waals surface area contributed by atoms with Crippen LogP contribution in [0, 0.1) is 0 Å². The molecule has 1 fully saturated rings. The smallest absolute Gasteiger partial charge is 0.105 e. The maximum atomic E-state index is 5.33. The van der Waals surface area contributed by atoms with Gasteiger partial charge in [0.2, 0.25) is 0 Å². The van der Waals surface area contributed by atoms with E-state index < -0.39 is 0 Å². The fourth-order valence-electron chi connectivity index (χ4n) is 2.11. The third-order valence-corrected chi connectivity index (χ3v) is 2.85. The molecule has 0 amide bonds. The predicted molar refractivity (Wildman–Crippen MR) is 60.4 cm³/mol. The minimum absolute atomic E-state index is 0.453. The number of furan rings is 1. The Morgan fingerprint density at radius 2 is 2.20 bits per heavy atom. The molecule has 1 saturated heterocycles. The zero-order chi connectivity index (χ0) is 10.5. The van der Waals surface area contributed by atoms with Crippen molar-refractivity contribution in [3.63, 3.8) is 0 Å². The van der Waals surface area contributed by atoms with E-state index in [4.69, 9.17) is 4.42 Å². The first-order valence-corrected chi connectivity index (χ1v) is 5.88. The van der Waals surface area contributed by atoms with E-state index in [1.54, 1.807) is 6.26 Å². The molecule has 1 aliphatic rings. The first kappa shape index (κ1) is 10.7. The lowest BCUT2D eigenvalue weighted by molar-refractivity contribution is 0.131. The predicted octanol–water partition coefficient (Wildman–Crippen LogP) is 2.20. The summed E-state index contributed by atoms with van der Waals surface area (Å²) in [4.78, 5) is 0. The molecule has 3 nitrogen and oxygen atoms in total. The Balaban J connectivity index is 1.74. The minimum atomic E-state index is 0.453. The summed E-state index contributed by atoms with van der Waals surface area (Å²) < 4.78 is 5.33. The molecule has 1 aliphatic heterocycles. The highest BCUT2D eigenvalue weighted by atomic mass is 16.3. The third-order valence-electron chi connectivity index (χ3n) is 2.85. The van der Waals surface area contributed by atoms with Crippen LogP contribution < -0.4 is 5.43 Å². The normalized spacial score (nSPS) is 20.3. The van der Waals surface area contributed by atoms with Crippen LogP contribution in [0.4, 0.5) is 0 Å². The topological polar surface area (TPSA) is 28.4 Å². The first-order valence-electron chi connectivity index (χ1n) is 5.88. The van der Waals surface area contributed by atoms with E-state index in [9.17, 15) is 0 Å². The summed E-state index contributed by atoms with van der Waals surface area (Å²) in [6.45, 7) is 4.57. The molecule has 0 radical (unpaired) electrons. The number of rotatable bonds is 4. The van der Waals surface area contributed by atoms with Crippen LogP contribution in [-0.2, 0) is 6.42 Å². The van der Waals surface area contributed by atoms with Crippen molar-refractivity contribution in [3.8, 4) is 0 Å². The first-order chi connectivity index (χ1) is 7.34. The average molecular weight is 208 g/mol. The molecule has 0 aromatic carbocycles. The van der Waals surface area contributed by atoms with Gasteiger partial charge in [0, 0.05) is 25.6 Å². The Hall–Kier alpha value is -0.800. The van der Waals surface area contributed by atoms with Gasteiger partial charge in [-0.1, -0.05) is 6.42 Å². The van der Waals surface area contributed by atoms with Crippen LogP contribution in [0.5, 0.6) is 0 Å². The van der Waals surface area contributed by atoms with Gasteiger partial charge in [0.15, 0.2) is 0 Å². The van der Waals surface area contributed by atoms with Crippen LogP contribution in [0.25, 0.3) is 0 Å². The molecule has 3 heteroatoms. The van der Waals surface area contributed by atoms with Crippen molar-refractivity contribution in [3.05, 3.63) is 24.2 Å². The largest absolute Gasteiger partial charge is 0.469 e. The quantitative estimate of drug-likeness (QED) is 0.822. The Bertz CT molecular complexity index is 265. The van der Waals surface area contributed by atoms with E-state index in [0.717, 1.165) is 12.2 Å². The molecule has 2 heterocycles. The molecule has 0 bridgehead atoms. The third kappa shape index (κ3) is 3.36. The standard InChI is InChI=1S/C12H20N2O/c1-11(10-12-6-5-9-15-12)13-14-7-3-2-4-8-14/h5-6,9,11,13H,2-4,7-8,10H2,1H3. The number of hydrogen-bond donors (Lipinski definition) is 1. The number of hydrogen-bond acceptors (Lipinski definition) is 3. The van der Waals surface area contributed by atoms with Gasteiger partial charge in [-0.05, 0) is 31.9 Å². The maximum absolute atomic E-state index is 5.33. The summed E-state index contributed by atoms with van der Waals surface area (Å²) in [7, 11) is 0. The molecule has 1 aromatic rings. The molecule has 84 valence electrons. The summed E-state index contributed by atoms with van der Waals surface area (Å²) in [5.74, 6) is 1.06. The van der Waals surface area contributed by atoms with Crippen LogP contribution in [0.15, 0.2) is 22.8 Å². The minimum Gasteiger partial charge on any atom is -0.469 e. The van der Waals surface area contributed by atoms with Crippen molar-refractivity contribution in [2.24, 2.45) is 0 Å². The molecule has 0 spiro atoms. The van der Waals surface area contributed by atoms with Crippen molar-refractivity contribution < 1.29 is 4.42 Å². The highest BCUT2D eigenvalue weighted by Crippen LogP contribution is 2.08. The van der Waals surface area contributed by atoms with E-state index in [1.807, 2.05) is 12.1 Å². The molecule has 1 aromatic heterocycles. The molecule has 1 unspecified atom stereocenters. The van der Waals surface area contributed by atoms with Crippen LogP contribution in [0.2, 0.25) is 0 Å². The van der Waals surface area contributed by atoms with Gasteiger partial charge in [-0.15, -0.1) is 0 Å². The van der Waals surface area contributed by atoms with Gasteiger partial charge in [-0.2, -0.15) is 0 Å². The van der Waals surface area contributed by atoms with Crippen molar-refractivity contribution in [1.29, 1.82) is 0 Å². The Labute approximate surface area is 91.4 Å². The van der Waals surface area contributed by atoms with Gasteiger partial charge in [-0.25, -0.2) is 5.01 Å². The van der Waals surface area contributed by atoms with Crippen LogP contribution >= 0.6 is 0 Å². The second-order valence-electron chi connectivity index (χ2n) is 4.36. The average Bonchev–Trinajstić information content (AvgIpc) is 2.71. The molecule has 2 rings (SSSR count). The lowest BCUT2D eigenvalue weighted by Gasteiger charge is -2.30. The number of nitrogens with zero attached hydrogens (tertiary/aromatic N) is 1. The monoisotopic (exact) mass is 208 g/mol. The van der Waals surface area contributed by atoms with E-state index in [0.29, 0.717) is 6.04 Å². The maximum Gasteiger partial charge on any atom is 0.105 e. The molecule has 1 atom stereocenters. The SMILES string of the molecule is CC(Cc1ccco1)NN1CCCCC1. The van der Waals surface area contributed by atoms with E-state index in [1.165, 1.54) is 32.4 Å². The second-order valence-corrected chi connectivity index (χ2v) is 4.36. The molecular weight excluding hydrogens is 188 g/mol. The van der Waals surface area contributed by atoms with Crippen molar-refractivity contribution in [2.45, 2.75) is 38.6 Å². The zero-order valence-electron chi connectivity index (χ0n) is 9.41. The fourth-order valence-corrected chi connectivity index (χ4v) is 2.11. The molecule has 1 N–H and O–H groups in total.